The molecule has 2 N–H and O–H groups in total. The number of ether oxygens (including phenoxy) is 1. The zero-order chi connectivity index (χ0) is 13.6. The van der Waals surface area contributed by atoms with E-state index in [0.29, 0.717) is 18.8 Å². The maximum Gasteiger partial charge on any atom is 0.240 e. The van der Waals surface area contributed by atoms with Gasteiger partial charge in [0, 0.05) is 19.1 Å². The summed E-state index contributed by atoms with van der Waals surface area (Å²) in [4.78, 5) is 0.214. The van der Waals surface area contributed by atoms with Crippen LogP contribution >= 0.6 is 0 Å². The molecule has 5 nitrogen and oxygen atoms in total. The van der Waals surface area contributed by atoms with Gasteiger partial charge in [0.25, 0.3) is 0 Å². The van der Waals surface area contributed by atoms with Crippen molar-refractivity contribution in [3.63, 3.8) is 0 Å². The van der Waals surface area contributed by atoms with Gasteiger partial charge in [-0.05, 0) is 38.1 Å². The first-order chi connectivity index (χ1) is 8.45. The highest BCUT2D eigenvalue weighted by Gasteiger charge is 2.14. The Kier molecular flexibility index (Phi) is 5.58. The molecule has 0 aliphatic carbocycles. The average molecular weight is 273 g/mol. The van der Waals surface area contributed by atoms with Crippen molar-refractivity contribution in [2.75, 3.05) is 13.2 Å². The molecular formula is C12H19NO4S. The highest BCUT2D eigenvalue weighted by atomic mass is 32.2. The lowest BCUT2D eigenvalue weighted by molar-refractivity contribution is 0.233. The summed E-state index contributed by atoms with van der Waals surface area (Å²) in [5.41, 5.74) is 0. The van der Waals surface area contributed by atoms with Gasteiger partial charge in [-0.3, -0.25) is 0 Å². The van der Waals surface area contributed by atoms with Crippen molar-refractivity contribution in [1.29, 1.82) is 0 Å². The van der Waals surface area contributed by atoms with Crippen LogP contribution in [0.15, 0.2) is 29.2 Å². The molecule has 18 heavy (non-hydrogen) atoms. The molecule has 0 fully saturated rings. The van der Waals surface area contributed by atoms with Gasteiger partial charge in [0.1, 0.15) is 5.75 Å². The second-order valence-electron chi connectivity index (χ2n) is 4.17. The Hall–Kier alpha value is -1.11. The molecule has 0 aliphatic rings. The summed E-state index contributed by atoms with van der Waals surface area (Å²) in [5, 5.41) is 8.61. The number of hydrogen-bond donors (Lipinski definition) is 2. The van der Waals surface area contributed by atoms with E-state index in [1.807, 2.05) is 0 Å². The van der Waals surface area contributed by atoms with Crippen LogP contribution in [0, 0.1) is 0 Å². The summed E-state index contributed by atoms with van der Waals surface area (Å²) >= 11 is 0. The van der Waals surface area contributed by atoms with Crippen molar-refractivity contribution in [2.24, 2.45) is 0 Å². The van der Waals surface area contributed by atoms with Gasteiger partial charge in [-0.2, -0.15) is 0 Å². The van der Waals surface area contributed by atoms with E-state index >= 15 is 0 Å². The Morgan fingerprint density at radius 1 is 1.28 bits per heavy atom. The zero-order valence-corrected chi connectivity index (χ0v) is 11.4. The number of aliphatic hydroxyl groups is 1. The van der Waals surface area contributed by atoms with Gasteiger partial charge >= 0.3 is 0 Å². The summed E-state index contributed by atoms with van der Waals surface area (Å²) in [5.74, 6) is 0.590. The molecule has 6 heteroatoms. The third-order valence-electron chi connectivity index (χ3n) is 2.10. The second kappa shape index (κ2) is 6.72. The smallest absolute Gasteiger partial charge is 0.240 e. The number of sulfonamides is 1. The molecule has 0 bridgehead atoms. The Bertz CT molecular complexity index is 453. The molecule has 1 aromatic carbocycles. The number of aliphatic hydroxyl groups excluding tert-OH is 1. The lowest BCUT2D eigenvalue weighted by Crippen LogP contribution is -2.30. The van der Waals surface area contributed by atoms with Gasteiger partial charge in [0.05, 0.1) is 11.5 Å². The Morgan fingerprint density at radius 3 is 2.39 bits per heavy atom. The van der Waals surface area contributed by atoms with Gasteiger partial charge in [-0.15, -0.1) is 0 Å². The van der Waals surface area contributed by atoms with Crippen LogP contribution in [0.1, 0.15) is 20.3 Å². The minimum absolute atomic E-state index is 0.0742. The topological polar surface area (TPSA) is 75.6 Å². The van der Waals surface area contributed by atoms with E-state index in [1.165, 1.54) is 12.1 Å². The first-order valence-corrected chi connectivity index (χ1v) is 7.30. The van der Waals surface area contributed by atoms with Crippen LogP contribution in [-0.2, 0) is 10.0 Å². The fraction of sp³-hybridized carbons (Fsp3) is 0.500. The van der Waals surface area contributed by atoms with Gasteiger partial charge in [0.2, 0.25) is 10.0 Å². The highest BCUT2D eigenvalue weighted by Crippen LogP contribution is 2.16. The number of benzene rings is 1. The van der Waals surface area contributed by atoms with Crippen molar-refractivity contribution >= 4 is 10.0 Å². The van der Waals surface area contributed by atoms with Crippen molar-refractivity contribution in [2.45, 2.75) is 31.2 Å². The van der Waals surface area contributed by atoms with Gasteiger partial charge in [0.15, 0.2) is 0 Å². The monoisotopic (exact) mass is 273 g/mol. The first-order valence-electron chi connectivity index (χ1n) is 5.82. The van der Waals surface area contributed by atoms with E-state index in [-0.39, 0.29) is 17.5 Å². The third-order valence-corrected chi connectivity index (χ3v) is 3.77. The largest absolute Gasteiger partial charge is 0.494 e. The molecule has 0 saturated carbocycles. The Labute approximate surface area is 108 Å². The molecule has 102 valence electrons. The van der Waals surface area contributed by atoms with Crippen LogP contribution < -0.4 is 9.46 Å². The van der Waals surface area contributed by atoms with Crippen molar-refractivity contribution in [1.82, 2.24) is 4.72 Å². The maximum atomic E-state index is 11.8. The normalized spacial score (nSPS) is 11.8. The molecule has 0 heterocycles. The highest BCUT2D eigenvalue weighted by molar-refractivity contribution is 7.89. The number of rotatable bonds is 7. The SMILES string of the molecule is CC(C)NS(=O)(=O)c1ccc(OCCCO)cc1. The van der Waals surface area contributed by atoms with Crippen LogP contribution in [0.3, 0.4) is 0 Å². The minimum atomic E-state index is -3.45. The molecule has 0 amide bonds. The molecule has 1 rings (SSSR count). The number of hydrogen-bond acceptors (Lipinski definition) is 4. The van der Waals surface area contributed by atoms with E-state index in [9.17, 15) is 8.42 Å². The van der Waals surface area contributed by atoms with Crippen LogP contribution in [0.5, 0.6) is 5.75 Å². The van der Waals surface area contributed by atoms with Gasteiger partial charge in [-0.1, -0.05) is 0 Å². The summed E-state index contributed by atoms with van der Waals surface area (Å²) in [6, 6.07) is 6.06. The van der Waals surface area contributed by atoms with Crippen LogP contribution in [0.25, 0.3) is 0 Å². The first kappa shape index (κ1) is 14.9. The fourth-order valence-electron chi connectivity index (χ4n) is 1.35. The molecule has 1 aromatic rings. The van der Waals surface area contributed by atoms with E-state index in [2.05, 4.69) is 4.72 Å². The van der Waals surface area contributed by atoms with Gasteiger partial charge < -0.3 is 9.84 Å². The lowest BCUT2D eigenvalue weighted by atomic mass is 10.3. The lowest BCUT2D eigenvalue weighted by Gasteiger charge is -2.10. The van der Waals surface area contributed by atoms with Crippen molar-refractivity contribution < 1.29 is 18.3 Å². The van der Waals surface area contributed by atoms with Crippen LogP contribution in [-0.4, -0.2) is 32.8 Å². The van der Waals surface area contributed by atoms with Crippen molar-refractivity contribution in [3.8, 4) is 5.75 Å². The van der Waals surface area contributed by atoms with E-state index in [4.69, 9.17) is 9.84 Å². The molecule has 0 unspecified atom stereocenters. The fourth-order valence-corrected chi connectivity index (χ4v) is 2.60. The Balaban J connectivity index is 2.70. The van der Waals surface area contributed by atoms with Crippen LogP contribution in [0.2, 0.25) is 0 Å². The average Bonchev–Trinajstić information content (AvgIpc) is 2.28. The molecular weight excluding hydrogens is 254 g/mol. The van der Waals surface area contributed by atoms with Gasteiger partial charge in [-0.25, -0.2) is 13.1 Å². The maximum absolute atomic E-state index is 11.8. The minimum Gasteiger partial charge on any atom is -0.494 e. The molecule has 0 spiro atoms. The predicted octanol–water partition coefficient (Wildman–Crippen LogP) is 1.13. The van der Waals surface area contributed by atoms with Crippen LogP contribution in [0.4, 0.5) is 0 Å². The predicted molar refractivity (Wildman–Crippen MR) is 69.1 cm³/mol. The molecule has 0 aromatic heterocycles. The molecule has 0 atom stereocenters. The van der Waals surface area contributed by atoms with E-state index < -0.39 is 10.0 Å². The molecule has 0 radical (unpaired) electrons. The van der Waals surface area contributed by atoms with E-state index in [0.717, 1.165) is 0 Å². The third kappa shape index (κ3) is 4.64. The number of nitrogens with one attached hydrogen (secondary N) is 1. The second-order valence-corrected chi connectivity index (χ2v) is 5.89. The molecule has 0 saturated heterocycles. The summed E-state index contributed by atoms with van der Waals surface area (Å²) in [6.07, 6.45) is 0.551. The summed E-state index contributed by atoms with van der Waals surface area (Å²) in [6.45, 7) is 4.02. The quantitative estimate of drug-likeness (QED) is 0.730. The van der Waals surface area contributed by atoms with E-state index in [1.54, 1.807) is 26.0 Å². The van der Waals surface area contributed by atoms with Crippen molar-refractivity contribution in [3.05, 3.63) is 24.3 Å². The zero-order valence-electron chi connectivity index (χ0n) is 10.6. The summed E-state index contributed by atoms with van der Waals surface area (Å²) in [7, 11) is -3.45. The Morgan fingerprint density at radius 2 is 1.89 bits per heavy atom. The molecule has 0 aliphatic heterocycles. The summed E-state index contributed by atoms with van der Waals surface area (Å²) < 4.78 is 31.5. The standard InChI is InChI=1S/C12H19NO4S/c1-10(2)13-18(15,16)12-6-4-11(5-7-12)17-9-3-8-14/h4-7,10,13-14H,3,8-9H2,1-2H3.